The fraction of sp³-hybridized carbons (Fsp3) is 0.611. The number of carbonyl (C=O) groups excluding carboxylic acids is 1. The van der Waals surface area contributed by atoms with Gasteiger partial charge in [-0.3, -0.25) is 9.69 Å². The predicted molar refractivity (Wildman–Crippen MR) is 101 cm³/mol. The molecule has 2 aliphatic rings. The van der Waals surface area contributed by atoms with Gasteiger partial charge in [-0.25, -0.2) is 8.42 Å². The number of anilines is 1. The average molecular weight is 397 g/mol. The highest BCUT2D eigenvalue weighted by molar-refractivity contribution is 7.89. The number of amides is 1. The van der Waals surface area contributed by atoms with Crippen molar-refractivity contribution >= 4 is 21.6 Å². The van der Waals surface area contributed by atoms with Gasteiger partial charge in [-0.1, -0.05) is 0 Å². The summed E-state index contributed by atoms with van der Waals surface area (Å²) < 4.78 is 37.4. The zero-order valence-corrected chi connectivity index (χ0v) is 16.6. The lowest BCUT2D eigenvalue weighted by atomic mass is 10.2. The maximum absolute atomic E-state index is 12.6. The first kappa shape index (κ1) is 20.2. The number of morpholine rings is 2. The second kappa shape index (κ2) is 8.66. The van der Waals surface area contributed by atoms with Crippen molar-refractivity contribution < 1.29 is 22.7 Å². The smallest absolute Gasteiger partial charge is 0.243 e. The van der Waals surface area contributed by atoms with Gasteiger partial charge < -0.3 is 14.8 Å². The molecule has 9 heteroatoms. The zero-order valence-electron chi connectivity index (χ0n) is 15.8. The molecular formula is C18H27N3O5S. The maximum atomic E-state index is 12.6. The summed E-state index contributed by atoms with van der Waals surface area (Å²) >= 11 is 0. The van der Waals surface area contributed by atoms with E-state index in [-0.39, 0.29) is 22.9 Å². The zero-order chi connectivity index (χ0) is 19.4. The van der Waals surface area contributed by atoms with Gasteiger partial charge in [-0.2, -0.15) is 4.31 Å². The number of sulfonamides is 1. The molecule has 0 aromatic heterocycles. The van der Waals surface area contributed by atoms with Crippen LogP contribution in [0.3, 0.4) is 0 Å². The van der Waals surface area contributed by atoms with Crippen molar-refractivity contribution in [3.63, 3.8) is 0 Å². The van der Waals surface area contributed by atoms with Crippen LogP contribution in [0.15, 0.2) is 29.2 Å². The SMILES string of the molecule is CC1CN(C(C)C(=O)Nc2ccc(S(=O)(=O)N3CCOCC3)cc2)CCO1. The molecule has 0 radical (unpaired) electrons. The number of hydrogen-bond acceptors (Lipinski definition) is 6. The molecule has 1 amide bonds. The van der Waals surface area contributed by atoms with E-state index in [4.69, 9.17) is 9.47 Å². The van der Waals surface area contributed by atoms with E-state index in [9.17, 15) is 13.2 Å². The first-order valence-electron chi connectivity index (χ1n) is 9.22. The van der Waals surface area contributed by atoms with E-state index in [1.165, 1.54) is 16.4 Å². The lowest BCUT2D eigenvalue weighted by Gasteiger charge is -2.34. The maximum Gasteiger partial charge on any atom is 0.243 e. The van der Waals surface area contributed by atoms with Crippen LogP contribution in [0, 0.1) is 0 Å². The van der Waals surface area contributed by atoms with Crippen LogP contribution in [-0.2, 0) is 24.3 Å². The Morgan fingerprint density at radius 2 is 1.81 bits per heavy atom. The number of nitrogens with one attached hydrogen (secondary N) is 1. The van der Waals surface area contributed by atoms with Crippen molar-refractivity contribution in [1.29, 1.82) is 0 Å². The van der Waals surface area contributed by atoms with Crippen LogP contribution in [0.5, 0.6) is 0 Å². The summed E-state index contributed by atoms with van der Waals surface area (Å²) in [6, 6.07) is 6.02. The predicted octanol–water partition coefficient (Wildman–Crippen LogP) is 0.755. The van der Waals surface area contributed by atoms with Crippen LogP contribution < -0.4 is 5.32 Å². The summed E-state index contributed by atoms with van der Waals surface area (Å²) in [5, 5.41) is 2.86. The summed E-state index contributed by atoms with van der Waals surface area (Å²) in [5.74, 6) is -0.118. The molecule has 27 heavy (non-hydrogen) atoms. The van der Waals surface area contributed by atoms with Crippen LogP contribution in [0.4, 0.5) is 5.69 Å². The molecule has 1 aromatic carbocycles. The first-order valence-corrected chi connectivity index (χ1v) is 10.7. The quantitative estimate of drug-likeness (QED) is 0.789. The Hall–Kier alpha value is -1.52. The summed E-state index contributed by atoms with van der Waals surface area (Å²) in [6.07, 6.45) is 0.110. The lowest BCUT2D eigenvalue weighted by Crippen LogP contribution is -2.50. The molecule has 2 heterocycles. The molecule has 2 saturated heterocycles. The molecule has 1 N–H and O–H groups in total. The summed E-state index contributed by atoms with van der Waals surface area (Å²) in [4.78, 5) is 14.8. The Morgan fingerprint density at radius 3 is 2.44 bits per heavy atom. The first-order chi connectivity index (χ1) is 12.9. The minimum atomic E-state index is -3.53. The molecule has 2 unspecified atom stereocenters. The van der Waals surface area contributed by atoms with E-state index in [1.807, 2.05) is 13.8 Å². The monoisotopic (exact) mass is 397 g/mol. The van der Waals surface area contributed by atoms with Crippen LogP contribution in [0.1, 0.15) is 13.8 Å². The van der Waals surface area contributed by atoms with Crippen molar-refractivity contribution in [2.24, 2.45) is 0 Å². The van der Waals surface area contributed by atoms with Crippen LogP contribution in [-0.4, -0.2) is 81.7 Å². The van der Waals surface area contributed by atoms with Gasteiger partial charge in [0.15, 0.2) is 0 Å². The van der Waals surface area contributed by atoms with Crippen molar-refractivity contribution in [3.05, 3.63) is 24.3 Å². The second-order valence-corrected chi connectivity index (χ2v) is 8.82. The van der Waals surface area contributed by atoms with E-state index in [0.29, 0.717) is 45.1 Å². The number of carbonyl (C=O) groups is 1. The van der Waals surface area contributed by atoms with Crippen molar-refractivity contribution in [2.75, 3.05) is 51.3 Å². The Bertz CT molecular complexity index is 747. The highest BCUT2D eigenvalue weighted by atomic mass is 32.2. The third kappa shape index (κ3) is 4.85. The largest absolute Gasteiger partial charge is 0.379 e. The van der Waals surface area contributed by atoms with Gasteiger partial charge in [0.1, 0.15) is 0 Å². The highest BCUT2D eigenvalue weighted by Gasteiger charge is 2.27. The van der Waals surface area contributed by atoms with E-state index >= 15 is 0 Å². The van der Waals surface area contributed by atoms with Crippen molar-refractivity contribution in [1.82, 2.24) is 9.21 Å². The molecule has 0 aliphatic carbocycles. The van der Waals surface area contributed by atoms with Crippen LogP contribution in [0.25, 0.3) is 0 Å². The number of nitrogens with zero attached hydrogens (tertiary/aromatic N) is 2. The van der Waals surface area contributed by atoms with Gasteiger partial charge >= 0.3 is 0 Å². The standard InChI is InChI=1S/C18H27N3O5S/c1-14-13-20(7-12-26-14)15(2)18(22)19-16-3-5-17(6-4-16)27(23,24)21-8-10-25-11-9-21/h3-6,14-15H,7-13H2,1-2H3,(H,19,22). The topological polar surface area (TPSA) is 88.2 Å². The Morgan fingerprint density at radius 1 is 1.15 bits per heavy atom. The van der Waals surface area contributed by atoms with Gasteiger partial charge in [-0.15, -0.1) is 0 Å². The van der Waals surface area contributed by atoms with E-state index in [2.05, 4.69) is 10.2 Å². The normalized spacial score (nSPS) is 23.7. The Kier molecular flexibility index (Phi) is 6.48. The van der Waals surface area contributed by atoms with E-state index < -0.39 is 10.0 Å². The third-order valence-corrected chi connectivity index (χ3v) is 6.84. The van der Waals surface area contributed by atoms with Crippen LogP contribution >= 0.6 is 0 Å². The highest BCUT2D eigenvalue weighted by Crippen LogP contribution is 2.20. The van der Waals surface area contributed by atoms with Gasteiger partial charge in [0, 0.05) is 31.9 Å². The lowest BCUT2D eigenvalue weighted by molar-refractivity contribution is -0.123. The molecule has 2 fully saturated rings. The molecule has 8 nitrogen and oxygen atoms in total. The van der Waals surface area contributed by atoms with Crippen LogP contribution in [0.2, 0.25) is 0 Å². The van der Waals surface area contributed by atoms with Crippen molar-refractivity contribution in [3.8, 4) is 0 Å². The average Bonchev–Trinajstić information content (AvgIpc) is 2.68. The number of hydrogen-bond donors (Lipinski definition) is 1. The van der Waals surface area contributed by atoms with Gasteiger partial charge in [0.2, 0.25) is 15.9 Å². The van der Waals surface area contributed by atoms with Gasteiger partial charge in [-0.05, 0) is 38.1 Å². The van der Waals surface area contributed by atoms with Gasteiger partial charge in [0.25, 0.3) is 0 Å². The fourth-order valence-electron chi connectivity index (χ4n) is 3.26. The molecule has 3 rings (SSSR count). The summed E-state index contributed by atoms with van der Waals surface area (Å²) in [6.45, 7) is 7.44. The number of rotatable bonds is 5. The Balaban J connectivity index is 1.62. The number of benzene rings is 1. The van der Waals surface area contributed by atoms with Crippen molar-refractivity contribution in [2.45, 2.75) is 30.9 Å². The summed E-state index contributed by atoms with van der Waals surface area (Å²) in [7, 11) is -3.53. The molecule has 1 aromatic rings. The minimum Gasteiger partial charge on any atom is -0.379 e. The molecule has 150 valence electrons. The molecular weight excluding hydrogens is 370 g/mol. The van der Waals surface area contributed by atoms with E-state index in [0.717, 1.165) is 6.54 Å². The van der Waals surface area contributed by atoms with E-state index in [1.54, 1.807) is 12.1 Å². The Labute approximate surface area is 160 Å². The van der Waals surface area contributed by atoms with Gasteiger partial charge in [0.05, 0.1) is 36.9 Å². The third-order valence-electron chi connectivity index (χ3n) is 4.93. The molecule has 0 saturated carbocycles. The fourth-order valence-corrected chi connectivity index (χ4v) is 4.66. The minimum absolute atomic E-state index is 0.110. The molecule has 0 bridgehead atoms. The molecule has 0 spiro atoms. The second-order valence-electron chi connectivity index (χ2n) is 6.88. The molecule has 2 atom stereocenters. The number of ether oxygens (including phenoxy) is 2. The molecule has 2 aliphatic heterocycles. The summed E-state index contributed by atoms with van der Waals surface area (Å²) in [5.41, 5.74) is 0.578.